The van der Waals surface area contributed by atoms with Crippen LogP contribution in [0.4, 0.5) is 0 Å². The second-order valence-electron chi connectivity index (χ2n) is 5.69. The van der Waals surface area contributed by atoms with Gasteiger partial charge in [-0.15, -0.1) is 0 Å². The molecule has 1 heterocycles. The summed E-state index contributed by atoms with van der Waals surface area (Å²) in [5, 5.41) is 2.95. The molecule has 0 spiro atoms. The Morgan fingerprint density at radius 3 is 2.83 bits per heavy atom. The molecule has 2 aromatic rings. The van der Waals surface area contributed by atoms with Gasteiger partial charge in [-0.05, 0) is 62.9 Å². The maximum atomic E-state index is 12.0. The number of rotatable bonds is 8. The molecule has 0 radical (unpaired) electrons. The number of furan rings is 1. The van der Waals surface area contributed by atoms with Gasteiger partial charge in [-0.25, -0.2) is 0 Å². The van der Waals surface area contributed by atoms with E-state index >= 15 is 0 Å². The third-order valence-electron chi connectivity index (χ3n) is 3.76. The Labute approximate surface area is 137 Å². The molecule has 0 fully saturated rings. The molecule has 4 heteroatoms. The van der Waals surface area contributed by atoms with Crippen LogP contribution in [0.2, 0.25) is 0 Å². The highest BCUT2D eigenvalue weighted by Gasteiger charge is 2.11. The minimum atomic E-state index is -0.0924. The second-order valence-corrected chi connectivity index (χ2v) is 5.69. The fourth-order valence-electron chi connectivity index (χ4n) is 2.56. The summed E-state index contributed by atoms with van der Waals surface area (Å²) in [5.41, 5.74) is 2.37. The molecular weight excluding hydrogens is 290 g/mol. The van der Waals surface area contributed by atoms with Gasteiger partial charge in [0.15, 0.2) is 0 Å². The van der Waals surface area contributed by atoms with Crippen molar-refractivity contribution >= 4 is 5.91 Å². The SMILES string of the molecule is CCOc1ccc(CCCC(=O)N[C@H](C)c2ccco2)cc1C. The minimum Gasteiger partial charge on any atom is -0.494 e. The van der Waals surface area contributed by atoms with E-state index in [0.717, 1.165) is 29.9 Å². The van der Waals surface area contributed by atoms with Gasteiger partial charge in [-0.3, -0.25) is 4.79 Å². The summed E-state index contributed by atoms with van der Waals surface area (Å²) < 4.78 is 10.8. The molecule has 0 aliphatic rings. The average Bonchev–Trinajstić information content (AvgIpc) is 3.04. The number of amides is 1. The van der Waals surface area contributed by atoms with E-state index in [9.17, 15) is 4.79 Å². The van der Waals surface area contributed by atoms with E-state index < -0.39 is 0 Å². The first-order chi connectivity index (χ1) is 11.1. The van der Waals surface area contributed by atoms with E-state index in [-0.39, 0.29) is 11.9 Å². The molecule has 0 saturated carbocycles. The van der Waals surface area contributed by atoms with Gasteiger partial charge in [-0.1, -0.05) is 12.1 Å². The number of ether oxygens (including phenoxy) is 1. The van der Waals surface area contributed by atoms with Crippen LogP contribution in [0, 0.1) is 6.92 Å². The van der Waals surface area contributed by atoms with Gasteiger partial charge >= 0.3 is 0 Å². The summed E-state index contributed by atoms with van der Waals surface area (Å²) in [7, 11) is 0. The molecule has 0 unspecified atom stereocenters. The number of aryl methyl sites for hydroxylation is 2. The number of hydrogen-bond acceptors (Lipinski definition) is 3. The molecule has 0 bridgehead atoms. The zero-order valence-electron chi connectivity index (χ0n) is 14.1. The highest BCUT2D eigenvalue weighted by atomic mass is 16.5. The molecule has 1 amide bonds. The lowest BCUT2D eigenvalue weighted by molar-refractivity contribution is -0.121. The van der Waals surface area contributed by atoms with Crippen molar-refractivity contribution in [3.8, 4) is 5.75 Å². The van der Waals surface area contributed by atoms with Gasteiger partial charge in [0.2, 0.25) is 5.91 Å². The Morgan fingerprint density at radius 2 is 2.17 bits per heavy atom. The monoisotopic (exact) mass is 315 g/mol. The number of benzene rings is 1. The normalized spacial score (nSPS) is 12.0. The molecular formula is C19H25NO3. The van der Waals surface area contributed by atoms with Crippen molar-refractivity contribution in [2.75, 3.05) is 6.61 Å². The predicted octanol–water partition coefficient (Wildman–Crippen LogP) is 4.19. The molecule has 1 aromatic heterocycles. The van der Waals surface area contributed by atoms with Crippen molar-refractivity contribution in [1.29, 1.82) is 0 Å². The lowest BCUT2D eigenvalue weighted by Gasteiger charge is -2.12. The van der Waals surface area contributed by atoms with E-state index in [1.54, 1.807) is 6.26 Å². The Morgan fingerprint density at radius 1 is 1.35 bits per heavy atom. The predicted molar refractivity (Wildman–Crippen MR) is 90.6 cm³/mol. The Kier molecular flexibility index (Phi) is 6.27. The van der Waals surface area contributed by atoms with Crippen LogP contribution in [0.25, 0.3) is 0 Å². The summed E-state index contributed by atoms with van der Waals surface area (Å²) in [5.74, 6) is 1.76. The van der Waals surface area contributed by atoms with Gasteiger partial charge in [0.1, 0.15) is 11.5 Å². The average molecular weight is 315 g/mol. The van der Waals surface area contributed by atoms with Gasteiger partial charge in [0.05, 0.1) is 18.9 Å². The molecule has 1 atom stereocenters. The van der Waals surface area contributed by atoms with Gasteiger partial charge < -0.3 is 14.5 Å². The summed E-state index contributed by atoms with van der Waals surface area (Å²) in [6, 6.07) is 9.81. The maximum Gasteiger partial charge on any atom is 0.220 e. The van der Waals surface area contributed by atoms with Crippen molar-refractivity contribution in [3.63, 3.8) is 0 Å². The summed E-state index contributed by atoms with van der Waals surface area (Å²) in [6.45, 7) is 6.63. The fourth-order valence-corrected chi connectivity index (χ4v) is 2.56. The number of hydrogen-bond donors (Lipinski definition) is 1. The molecule has 1 N–H and O–H groups in total. The van der Waals surface area contributed by atoms with Crippen molar-refractivity contribution in [1.82, 2.24) is 5.32 Å². The van der Waals surface area contributed by atoms with Crippen LogP contribution in [-0.4, -0.2) is 12.5 Å². The molecule has 1 aromatic carbocycles. The zero-order valence-corrected chi connectivity index (χ0v) is 14.1. The molecule has 0 saturated heterocycles. The van der Waals surface area contributed by atoms with E-state index in [1.165, 1.54) is 5.56 Å². The number of carbonyl (C=O) groups excluding carboxylic acids is 1. The maximum absolute atomic E-state index is 12.0. The minimum absolute atomic E-state index is 0.0524. The lowest BCUT2D eigenvalue weighted by Crippen LogP contribution is -2.26. The lowest BCUT2D eigenvalue weighted by atomic mass is 10.0. The Balaban J connectivity index is 1.76. The van der Waals surface area contributed by atoms with E-state index in [2.05, 4.69) is 17.4 Å². The molecule has 0 aliphatic carbocycles. The van der Waals surface area contributed by atoms with E-state index in [1.807, 2.05) is 39.0 Å². The first kappa shape index (κ1) is 17.1. The topological polar surface area (TPSA) is 51.5 Å². The Bertz CT molecular complexity index is 620. The molecule has 124 valence electrons. The van der Waals surface area contributed by atoms with Crippen LogP contribution >= 0.6 is 0 Å². The molecule has 4 nitrogen and oxygen atoms in total. The molecule has 2 rings (SSSR count). The summed E-state index contributed by atoms with van der Waals surface area (Å²) >= 11 is 0. The van der Waals surface area contributed by atoms with E-state index in [0.29, 0.717) is 13.0 Å². The first-order valence-electron chi connectivity index (χ1n) is 8.15. The quantitative estimate of drug-likeness (QED) is 0.795. The fraction of sp³-hybridized carbons (Fsp3) is 0.421. The number of carbonyl (C=O) groups is 1. The second kappa shape index (κ2) is 8.42. The third kappa shape index (κ3) is 5.16. The van der Waals surface area contributed by atoms with Crippen molar-refractivity contribution < 1.29 is 13.9 Å². The smallest absolute Gasteiger partial charge is 0.220 e. The van der Waals surface area contributed by atoms with Gasteiger partial charge in [0, 0.05) is 6.42 Å². The number of nitrogens with one attached hydrogen (secondary N) is 1. The van der Waals surface area contributed by atoms with Crippen molar-refractivity contribution in [2.24, 2.45) is 0 Å². The zero-order chi connectivity index (χ0) is 16.7. The largest absolute Gasteiger partial charge is 0.494 e. The van der Waals surface area contributed by atoms with Crippen LogP contribution in [0.5, 0.6) is 5.75 Å². The highest BCUT2D eigenvalue weighted by Crippen LogP contribution is 2.20. The summed E-state index contributed by atoms with van der Waals surface area (Å²) in [4.78, 5) is 12.0. The van der Waals surface area contributed by atoms with Gasteiger partial charge in [-0.2, -0.15) is 0 Å². The molecule has 0 aliphatic heterocycles. The van der Waals surface area contributed by atoms with E-state index in [4.69, 9.17) is 9.15 Å². The van der Waals surface area contributed by atoms with Crippen molar-refractivity contribution in [3.05, 3.63) is 53.5 Å². The standard InChI is InChI=1S/C19H25NO3/c1-4-22-17-11-10-16(13-14(17)2)7-5-9-19(21)20-15(3)18-8-6-12-23-18/h6,8,10-13,15H,4-5,7,9H2,1-3H3,(H,20,21)/t15-/m1/s1. The van der Waals surface area contributed by atoms with Crippen molar-refractivity contribution in [2.45, 2.75) is 46.1 Å². The van der Waals surface area contributed by atoms with Gasteiger partial charge in [0.25, 0.3) is 0 Å². The van der Waals surface area contributed by atoms with Crippen LogP contribution in [-0.2, 0) is 11.2 Å². The van der Waals surface area contributed by atoms with Crippen LogP contribution in [0.1, 0.15) is 49.6 Å². The highest BCUT2D eigenvalue weighted by molar-refractivity contribution is 5.76. The van der Waals surface area contributed by atoms with Crippen LogP contribution in [0.3, 0.4) is 0 Å². The Hall–Kier alpha value is -2.23. The molecule has 23 heavy (non-hydrogen) atoms. The summed E-state index contributed by atoms with van der Waals surface area (Å²) in [6.07, 6.45) is 3.84. The third-order valence-corrected chi connectivity index (χ3v) is 3.76. The first-order valence-corrected chi connectivity index (χ1v) is 8.15. The van der Waals surface area contributed by atoms with Crippen LogP contribution in [0.15, 0.2) is 41.0 Å². The van der Waals surface area contributed by atoms with Crippen LogP contribution < -0.4 is 10.1 Å².